The van der Waals surface area contributed by atoms with Crippen LogP contribution >= 0.6 is 0 Å². The number of hydrogen-bond acceptors (Lipinski definition) is 3. The zero-order valence-electron chi connectivity index (χ0n) is 14.2. The minimum absolute atomic E-state index is 0.0775. The van der Waals surface area contributed by atoms with Gasteiger partial charge in [0.2, 0.25) is 12.3 Å². The average molecular weight is 318 g/mol. The number of carbonyl (C=O) groups excluding carboxylic acids is 3. The summed E-state index contributed by atoms with van der Waals surface area (Å²) in [5.41, 5.74) is 1.47. The van der Waals surface area contributed by atoms with E-state index in [1.54, 1.807) is 29.2 Å². The fourth-order valence-electron chi connectivity index (χ4n) is 2.14. The lowest BCUT2D eigenvalue weighted by atomic mass is 10.1. The van der Waals surface area contributed by atoms with Crippen molar-refractivity contribution in [3.05, 3.63) is 48.6 Å². The van der Waals surface area contributed by atoms with E-state index in [0.29, 0.717) is 24.9 Å². The van der Waals surface area contributed by atoms with Gasteiger partial charge < -0.3 is 4.90 Å². The zero-order valence-corrected chi connectivity index (χ0v) is 14.2. The highest BCUT2D eigenvalue weighted by Gasteiger charge is 2.30. The molecule has 0 fully saturated rings. The smallest absolute Gasteiger partial charge is 0.254 e. The van der Waals surface area contributed by atoms with Crippen LogP contribution in [0, 0.1) is 0 Å². The molecule has 0 aromatic heterocycles. The lowest BCUT2D eigenvalue weighted by molar-refractivity contribution is -0.129. The molecular formula is C18H26N2O3. The SMILES string of the molecule is C=C/C=C\C1=C(C=C)CN(C(C)CCC(=O)NC=O)C1=O.CC. The lowest BCUT2D eigenvalue weighted by Gasteiger charge is -2.24. The van der Waals surface area contributed by atoms with E-state index < -0.39 is 0 Å². The Morgan fingerprint density at radius 2 is 2.04 bits per heavy atom. The van der Waals surface area contributed by atoms with Crippen molar-refractivity contribution in [2.45, 2.75) is 39.7 Å². The average Bonchev–Trinajstić information content (AvgIpc) is 2.89. The number of nitrogens with zero attached hydrogens (tertiary/aromatic N) is 1. The van der Waals surface area contributed by atoms with Crippen molar-refractivity contribution in [3.63, 3.8) is 0 Å². The largest absolute Gasteiger partial charge is 0.332 e. The topological polar surface area (TPSA) is 66.5 Å². The van der Waals surface area contributed by atoms with Crippen LogP contribution < -0.4 is 5.32 Å². The van der Waals surface area contributed by atoms with Crippen LogP contribution in [0.5, 0.6) is 0 Å². The van der Waals surface area contributed by atoms with E-state index in [1.165, 1.54) is 0 Å². The summed E-state index contributed by atoms with van der Waals surface area (Å²) in [5, 5.41) is 2.09. The van der Waals surface area contributed by atoms with Crippen molar-refractivity contribution >= 4 is 18.2 Å². The number of amides is 3. The maximum Gasteiger partial charge on any atom is 0.254 e. The van der Waals surface area contributed by atoms with Crippen LogP contribution in [0.1, 0.15) is 33.6 Å². The Morgan fingerprint density at radius 1 is 1.39 bits per heavy atom. The first-order valence-electron chi connectivity index (χ1n) is 7.73. The summed E-state index contributed by atoms with van der Waals surface area (Å²) in [6, 6.07) is -0.0977. The molecule has 5 heteroatoms. The highest BCUT2D eigenvalue weighted by atomic mass is 16.2. The predicted molar refractivity (Wildman–Crippen MR) is 92.5 cm³/mol. The standard InChI is InChI=1S/C16H20N2O3.C2H6/c1-4-6-7-14-13(5-2)10-18(16(14)21)12(3)8-9-15(20)17-11-19;1-2/h4-7,11-12H,1-2,8-10H2,3H3,(H,17,19,20);1-2H3/b7-6-;. The van der Waals surface area contributed by atoms with E-state index in [-0.39, 0.29) is 24.3 Å². The van der Waals surface area contributed by atoms with Crippen LogP contribution in [-0.4, -0.2) is 35.7 Å². The molecule has 0 bridgehead atoms. The number of hydrogen-bond donors (Lipinski definition) is 1. The van der Waals surface area contributed by atoms with Gasteiger partial charge in [-0.1, -0.05) is 45.2 Å². The number of carbonyl (C=O) groups is 3. The Labute approximate surface area is 138 Å². The van der Waals surface area contributed by atoms with Gasteiger partial charge in [-0.2, -0.15) is 0 Å². The van der Waals surface area contributed by atoms with Gasteiger partial charge in [0.25, 0.3) is 5.91 Å². The summed E-state index contributed by atoms with van der Waals surface area (Å²) >= 11 is 0. The van der Waals surface area contributed by atoms with Gasteiger partial charge in [-0.15, -0.1) is 0 Å². The fourth-order valence-corrected chi connectivity index (χ4v) is 2.14. The third-order valence-corrected chi connectivity index (χ3v) is 3.36. The zero-order chi connectivity index (χ0) is 17.8. The normalized spacial score (nSPS) is 15.1. The predicted octanol–water partition coefficient (Wildman–Crippen LogP) is 2.52. The van der Waals surface area contributed by atoms with Gasteiger partial charge in [0.05, 0.1) is 0 Å². The second-order valence-electron chi connectivity index (χ2n) is 4.74. The van der Waals surface area contributed by atoms with Gasteiger partial charge in [-0.05, 0) is 25.0 Å². The number of rotatable bonds is 8. The molecule has 0 aromatic rings. The minimum Gasteiger partial charge on any atom is -0.332 e. The van der Waals surface area contributed by atoms with Gasteiger partial charge >= 0.3 is 0 Å². The molecule has 1 heterocycles. The van der Waals surface area contributed by atoms with E-state index >= 15 is 0 Å². The van der Waals surface area contributed by atoms with Crippen molar-refractivity contribution in [1.82, 2.24) is 10.2 Å². The van der Waals surface area contributed by atoms with E-state index in [4.69, 9.17) is 0 Å². The van der Waals surface area contributed by atoms with Crippen LogP contribution in [0.15, 0.2) is 48.6 Å². The summed E-state index contributed by atoms with van der Waals surface area (Å²) in [4.78, 5) is 35.5. The molecule has 5 nitrogen and oxygen atoms in total. The molecule has 126 valence electrons. The molecule has 23 heavy (non-hydrogen) atoms. The van der Waals surface area contributed by atoms with Crippen molar-refractivity contribution in [2.24, 2.45) is 0 Å². The summed E-state index contributed by atoms with van der Waals surface area (Å²) in [6.07, 6.45) is 7.77. The van der Waals surface area contributed by atoms with Gasteiger partial charge in [0.1, 0.15) is 0 Å². The number of allylic oxidation sites excluding steroid dienone is 2. The summed E-state index contributed by atoms with van der Waals surface area (Å²) in [6.45, 7) is 13.7. The third-order valence-electron chi connectivity index (χ3n) is 3.36. The monoisotopic (exact) mass is 318 g/mol. The van der Waals surface area contributed by atoms with Crippen molar-refractivity contribution in [3.8, 4) is 0 Å². The molecule has 1 unspecified atom stereocenters. The Hall–Kier alpha value is -2.43. The Bertz CT molecular complexity index is 518. The van der Waals surface area contributed by atoms with E-state index in [0.717, 1.165) is 5.57 Å². The first-order chi connectivity index (χ1) is 11.0. The van der Waals surface area contributed by atoms with Gasteiger partial charge in [-0.25, -0.2) is 0 Å². The first-order valence-corrected chi connectivity index (χ1v) is 7.73. The van der Waals surface area contributed by atoms with E-state index in [1.807, 2.05) is 20.8 Å². The fraction of sp³-hybridized carbons (Fsp3) is 0.389. The molecule has 0 saturated carbocycles. The van der Waals surface area contributed by atoms with Gasteiger partial charge in [0, 0.05) is 24.6 Å². The van der Waals surface area contributed by atoms with Crippen molar-refractivity contribution in [2.75, 3.05) is 6.54 Å². The minimum atomic E-state index is -0.341. The third kappa shape index (κ3) is 6.06. The molecule has 1 atom stereocenters. The van der Waals surface area contributed by atoms with Gasteiger partial charge in [-0.3, -0.25) is 19.7 Å². The molecule has 1 rings (SSSR count). The molecule has 0 spiro atoms. The second kappa shape index (κ2) is 11.2. The van der Waals surface area contributed by atoms with E-state index in [2.05, 4.69) is 18.5 Å². The molecular weight excluding hydrogens is 292 g/mol. The first kappa shape index (κ1) is 20.6. The number of nitrogens with one attached hydrogen (secondary N) is 1. The van der Waals surface area contributed by atoms with Crippen molar-refractivity contribution in [1.29, 1.82) is 0 Å². The van der Waals surface area contributed by atoms with Crippen LogP contribution in [-0.2, 0) is 14.4 Å². The molecule has 0 radical (unpaired) electrons. The molecule has 3 amide bonds. The highest BCUT2D eigenvalue weighted by molar-refractivity contribution is 6.00. The van der Waals surface area contributed by atoms with Crippen LogP contribution in [0.4, 0.5) is 0 Å². The van der Waals surface area contributed by atoms with E-state index in [9.17, 15) is 14.4 Å². The Balaban J connectivity index is 0.00000232. The maximum absolute atomic E-state index is 12.4. The summed E-state index contributed by atoms with van der Waals surface area (Å²) in [7, 11) is 0. The second-order valence-corrected chi connectivity index (χ2v) is 4.74. The quantitative estimate of drug-likeness (QED) is 0.552. The molecule has 0 aromatic carbocycles. The Kier molecular flexibility index (Phi) is 10.00. The van der Waals surface area contributed by atoms with Crippen LogP contribution in [0.2, 0.25) is 0 Å². The molecule has 0 aliphatic carbocycles. The highest BCUT2D eigenvalue weighted by Crippen LogP contribution is 2.24. The Morgan fingerprint density at radius 3 is 2.57 bits per heavy atom. The molecule has 1 aliphatic heterocycles. The van der Waals surface area contributed by atoms with Crippen LogP contribution in [0.25, 0.3) is 0 Å². The summed E-state index contributed by atoms with van der Waals surface area (Å²) < 4.78 is 0. The molecule has 1 N–H and O–H groups in total. The maximum atomic E-state index is 12.4. The van der Waals surface area contributed by atoms with Gasteiger partial charge in [0.15, 0.2) is 0 Å². The lowest BCUT2D eigenvalue weighted by Crippen LogP contribution is -2.36. The number of imide groups is 1. The molecule has 1 aliphatic rings. The molecule has 0 saturated heterocycles. The van der Waals surface area contributed by atoms with Crippen molar-refractivity contribution < 1.29 is 14.4 Å². The summed E-state index contributed by atoms with van der Waals surface area (Å²) in [5.74, 6) is -0.418. The van der Waals surface area contributed by atoms with Crippen LogP contribution in [0.3, 0.4) is 0 Å².